The maximum atomic E-state index is 5.87. The first kappa shape index (κ1) is 10.4. The van der Waals surface area contributed by atoms with Crippen LogP contribution in [0.4, 0.5) is 0 Å². The molecule has 0 atom stereocenters. The average Bonchev–Trinajstić information content (AvgIpc) is 2.64. The van der Waals surface area contributed by atoms with Crippen LogP contribution in [-0.4, -0.2) is 15.2 Å². The number of aromatic nitrogens is 3. The summed E-state index contributed by atoms with van der Waals surface area (Å²) in [5.41, 5.74) is 6.18. The van der Waals surface area contributed by atoms with Crippen LogP contribution in [0.5, 0.6) is 0 Å². The number of rotatable bonds is 2. The van der Waals surface area contributed by atoms with Crippen molar-refractivity contribution in [2.24, 2.45) is 5.73 Å². The summed E-state index contributed by atoms with van der Waals surface area (Å²) in [7, 11) is 0. The van der Waals surface area contributed by atoms with E-state index in [1.165, 1.54) is 0 Å². The number of hydrogen-bond donors (Lipinski definition) is 2. The van der Waals surface area contributed by atoms with Gasteiger partial charge in [0.1, 0.15) is 5.82 Å². The highest BCUT2D eigenvalue weighted by molar-refractivity contribution is 6.35. The van der Waals surface area contributed by atoms with Crippen molar-refractivity contribution < 1.29 is 0 Å². The summed E-state index contributed by atoms with van der Waals surface area (Å²) in [6.45, 7) is 0.321. The number of H-pyrrole nitrogens is 1. The van der Waals surface area contributed by atoms with Crippen molar-refractivity contribution in [1.29, 1.82) is 0 Å². The van der Waals surface area contributed by atoms with Crippen LogP contribution in [0, 0.1) is 0 Å². The largest absolute Gasteiger partial charge is 0.324 e. The quantitative estimate of drug-likeness (QED) is 0.849. The van der Waals surface area contributed by atoms with Crippen molar-refractivity contribution in [3.05, 3.63) is 34.1 Å². The molecule has 78 valence electrons. The van der Waals surface area contributed by atoms with Crippen LogP contribution in [0.2, 0.25) is 10.0 Å². The lowest BCUT2D eigenvalue weighted by Gasteiger charge is -1.97. The van der Waals surface area contributed by atoms with E-state index >= 15 is 0 Å². The summed E-state index contributed by atoms with van der Waals surface area (Å²) in [5, 5.41) is 7.83. The Labute approximate surface area is 96.4 Å². The first-order valence-electron chi connectivity index (χ1n) is 4.27. The van der Waals surface area contributed by atoms with Crippen LogP contribution < -0.4 is 5.73 Å². The second-order valence-electron chi connectivity index (χ2n) is 2.97. The zero-order chi connectivity index (χ0) is 10.8. The van der Waals surface area contributed by atoms with E-state index in [2.05, 4.69) is 15.2 Å². The van der Waals surface area contributed by atoms with Gasteiger partial charge in [0, 0.05) is 15.6 Å². The number of halogens is 2. The summed E-state index contributed by atoms with van der Waals surface area (Å²) in [6, 6.07) is 5.15. The van der Waals surface area contributed by atoms with Crippen molar-refractivity contribution in [3.8, 4) is 11.4 Å². The second-order valence-corrected chi connectivity index (χ2v) is 3.84. The molecule has 2 aromatic rings. The molecule has 6 heteroatoms. The van der Waals surface area contributed by atoms with Gasteiger partial charge in [-0.2, -0.15) is 5.10 Å². The highest BCUT2D eigenvalue weighted by Gasteiger charge is 2.06. The van der Waals surface area contributed by atoms with Gasteiger partial charge in [-0.05, 0) is 18.2 Å². The molecular weight excluding hydrogens is 235 g/mol. The van der Waals surface area contributed by atoms with E-state index in [1.807, 2.05) is 0 Å². The second kappa shape index (κ2) is 4.18. The highest BCUT2D eigenvalue weighted by Crippen LogP contribution is 2.24. The summed E-state index contributed by atoms with van der Waals surface area (Å²) in [4.78, 5) is 4.17. The molecule has 4 nitrogen and oxygen atoms in total. The molecule has 0 saturated carbocycles. The van der Waals surface area contributed by atoms with Gasteiger partial charge in [-0.3, -0.25) is 5.10 Å². The maximum Gasteiger partial charge on any atom is 0.181 e. The summed E-state index contributed by atoms with van der Waals surface area (Å²) in [5.74, 6) is 1.17. The van der Waals surface area contributed by atoms with E-state index in [-0.39, 0.29) is 0 Å². The Bertz CT molecular complexity index is 460. The molecule has 1 aromatic carbocycles. The lowest BCUT2D eigenvalue weighted by atomic mass is 10.2. The van der Waals surface area contributed by atoms with Gasteiger partial charge in [-0.1, -0.05) is 23.2 Å². The Morgan fingerprint density at radius 3 is 2.40 bits per heavy atom. The Morgan fingerprint density at radius 2 is 1.87 bits per heavy atom. The van der Waals surface area contributed by atoms with Crippen LogP contribution in [0.25, 0.3) is 11.4 Å². The monoisotopic (exact) mass is 242 g/mol. The van der Waals surface area contributed by atoms with E-state index < -0.39 is 0 Å². The van der Waals surface area contributed by atoms with E-state index in [0.717, 1.165) is 5.56 Å². The lowest BCUT2D eigenvalue weighted by Crippen LogP contribution is -1.97. The fourth-order valence-corrected chi connectivity index (χ4v) is 1.72. The van der Waals surface area contributed by atoms with Crippen LogP contribution in [0.3, 0.4) is 0 Å². The minimum Gasteiger partial charge on any atom is -0.324 e. The lowest BCUT2D eigenvalue weighted by molar-refractivity contribution is 0.917. The Kier molecular flexibility index (Phi) is 2.90. The maximum absolute atomic E-state index is 5.87. The molecule has 0 unspecified atom stereocenters. The highest BCUT2D eigenvalue weighted by atomic mass is 35.5. The van der Waals surface area contributed by atoms with Crippen molar-refractivity contribution in [1.82, 2.24) is 15.2 Å². The smallest absolute Gasteiger partial charge is 0.181 e. The molecule has 15 heavy (non-hydrogen) atoms. The molecule has 1 heterocycles. The standard InChI is InChI=1S/C9H8Cl2N4/c10-6-1-5(2-7(11)3-6)9-13-8(4-12)14-15-9/h1-3H,4,12H2,(H,13,14,15). The van der Waals surface area contributed by atoms with E-state index in [4.69, 9.17) is 28.9 Å². The first-order chi connectivity index (χ1) is 7.19. The van der Waals surface area contributed by atoms with Gasteiger partial charge in [0.05, 0.1) is 6.54 Å². The van der Waals surface area contributed by atoms with Crippen molar-refractivity contribution in [2.45, 2.75) is 6.54 Å². The zero-order valence-electron chi connectivity index (χ0n) is 7.67. The summed E-state index contributed by atoms with van der Waals surface area (Å²) in [6.07, 6.45) is 0. The zero-order valence-corrected chi connectivity index (χ0v) is 9.18. The number of nitrogens with zero attached hydrogens (tertiary/aromatic N) is 2. The molecule has 1 aromatic heterocycles. The Hall–Kier alpha value is -1.10. The van der Waals surface area contributed by atoms with Gasteiger partial charge in [0.2, 0.25) is 0 Å². The molecular formula is C9H8Cl2N4. The molecule has 0 amide bonds. The predicted octanol–water partition coefficient (Wildman–Crippen LogP) is 2.24. The topological polar surface area (TPSA) is 67.6 Å². The van der Waals surface area contributed by atoms with Gasteiger partial charge in [-0.25, -0.2) is 4.98 Å². The van der Waals surface area contributed by atoms with Gasteiger partial charge < -0.3 is 5.73 Å². The van der Waals surface area contributed by atoms with Crippen LogP contribution in [0.1, 0.15) is 5.82 Å². The normalized spacial score (nSPS) is 10.6. The summed E-state index contributed by atoms with van der Waals surface area (Å²) >= 11 is 11.7. The van der Waals surface area contributed by atoms with Crippen molar-refractivity contribution in [2.75, 3.05) is 0 Å². The Balaban J connectivity index is 2.44. The minimum atomic E-state index is 0.321. The third-order valence-electron chi connectivity index (χ3n) is 1.85. The number of nitrogens with two attached hydrogens (primary N) is 1. The Morgan fingerprint density at radius 1 is 1.20 bits per heavy atom. The average molecular weight is 243 g/mol. The van der Waals surface area contributed by atoms with Gasteiger partial charge in [-0.15, -0.1) is 0 Å². The van der Waals surface area contributed by atoms with E-state index in [1.54, 1.807) is 18.2 Å². The number of hydrogen-bond acceptors (Lipinski definition) is 3. The van der Waals surface area contributed by atoms with Crippen LogP contribution in [-0.2, 0) is 6.54 Å². The van der Waals surface area contributed by atoms with Crippen LogP contribution >= 0.6 is 23.2 Å². The fourth-order valence-electron chi connectivity index (χ4n) is 1.20. The third-order valence-corrected chi connectivity index (χ3v) is 2.28. The molecule has 0 saturated heterocycles. The molecule has 0 aliphatic heterocycles. The molecule has 0 aliphatic rings. The third kappa shape index (κ3) is 2.28. The van der Waals surface area contributed by atoms with Gasteiger partial charge in [0.15, 0.2) is 5.82 Å². The number of aromatic amines is 1. The van der Waals surface area contributed by atoms with Gasteiger partial charge in [0.25, 0.3) is 0 Å². The molecule has 0 bridgehead atoms. The van der Waals surface area contributed by atoms with E-state index in [9.17, 15) is 0 Å². The number of nitrogens with one attached hydrogen (secondary N) is 1. The molecule has 2 rings (SSSR count). The molecule has 0 aliphatic carbocycles. The molecule has 0 spiro atoms. The molecule has 0 radical (unpaired) electrons. The van der Waals surface area contributed by atoms with Crippen molar-refractivity contribution >= 4 is 23.2 Å². The first-order valence-corrected chi connectivity index (χ1v) is 5.02. The SMILES string of the molecule is NCc1nc(-c2cc(Cl)cc(Cl)c2)n[nH]1. The van der Waals surface area contributed by atoms with Crippen molar-refractivity contribution in [3.63, 3.8) is 0 Å². The minimum absolute atomic E-state index is 0.321. The summed E-state index contributed by atoms with van der Waals surface area (Å²) < 4.78 is 0. The van der Waals surface area contributed by atoms with Crippen LogP contribution in [0.15, 0.2) is 18.2 Å². The fraction of sp³-hybridized carbons (Fsp3) is 0.111. The van der Waals surface area contributed by atoms with E-state index in [0.29, 0.717) is 28.2 Å². The van der Waals surface area contributed by atoms with Gasteiger partial charge >= 0.3 is 0 Å². The number of benzene rings is 1. The molecule has 3 N–H and O–H groups in total. The predicted molar refractivity (Wildman–Crippen MR) is 59.7 cm³/mol. The molecule has 0 fully saturated rings.